The van der Waals surface area contributed by atoms with Crippen LogP contribution >= 0.6 is 23.2 Å². The number of anilines is 1. The first-order valence-electron chi connectivity index (χ1n) is 16.3. The maximum absolute atomic E-state index is 15.8. The Morgan fingerprint density at radius 2 is 1.78 bits per heavy atom. The van der Waals surface area contributed by atoms with Crippen LogP contribution in [0.2, 0.25) is 10.0 Å². The van der Waals surface area contributed by atoms with Crippen LogP contribution in [-0.2, 0) is 16.1 Å². The standard InChI is InChI=1S/C35H31Cl2F2N7O5/c1-17(28-23(36)4-5-24(38)30(28)37)51-26-12-19(13-41-32(26)40)20-14-42-45(16-20)21-8-10-44(11-9-21)15-18-2-3-22-29(31(18)39)35(50)46(34(22)49)25-6-7-27(47)43-33(25)48/h2-5,12-14,16-17,21,25H,6-11,15H2,1H3,(H2,40,41)(H,43,47,48). The van der Waals surface area contributed by atoms with Crippen molar-refractivity contribution in [3.63, 3.8) is 0 Å². The van der Waals surface area contributed by atoms with Crippen molar-refractivity contribution in [2.45, 2.75) is 57.3 Å². The van der Waals surface area contributed by atoms with Gasteiger partial charge in [-0.15, -0.1) is 0 Å². The number of ether oxygens (including phenoxy) is 1. The third-order valence-corrected chi connectivity index (χ3v) is 10.3. The molecular formula is C35H31Cl2F2N7O5. The summed E-state index contributed by atoms with van der Waals surface area (Å²) in [6.45, 7) is 3.15. The molecule has 0 spiro atoms. The third-order valence-electron chi connectivity index (χ3n) is 9.56. The number of halogens is 4. The average Bonchev–Trinajstić information content (AvgIpc) is 3.69. The molecule has 12 nitrogen and oxygen atoms in total. The summed E-state index contributed by atoms with van der Waals surface area (Å²) in [6, 6.07) is 6.13. The minimum Gasteiger partial charge on any atom is -0.482 e. The Bertz CT molecular complexity index is 2100. The number of hydrogen-bond donors (Lipinski definition) is 2. The molecule has 0 saturated carbocycles. The molecule has 2 unspecified atom stereocenters. The summed E-state index contributed by atoms with van der Waals surface area (Å²) in [5.41, 5.74) is 7.70. The van der Waals surface area contributed by atoms with E-state index in [2.05, 4.69) is 20.3 Å². The topological polar surface area (TPSA) is 153 Å². The van der Waals surface area contributed by atoms with Gasteiger partial charge in [-0.05, 0) is 50.5 Å². The minimum atomic E-state index is -1.17. The summed E-state index contributed by atoms with van der Waals surface area (Å²) in [5.74, 6) is -3.85. The average molecular weight is 739 g/mol. The Morgan fingerprint density at radius 3 is 2.53 bits per heavy atom. The number of fused-ring (bicyclic) bond motifs is 1. The van der Waals surface area contributed by atoms with Crippen LogP contribution in [0.4, 0.5) is 14.6 Å². The smallest absolute Gasteiger partial charge is 0.265 e. The molecule has 0 bridgehead atoms. The fourth-order valence-corrected chi connectivity index (χ4v) is 7.50. The quantitative estimate of drug-likeness (QED) is 0.177. The van der Waals surface area contributed by atoms with Crippen LogP contribution in [0.1, 0.15) is 76.6 Å². The molecule has 2 saturated heterocycles. The molecule has 3 aliphatic rings. The second-order valence-electron chi connectivity index (χ2n) is 12.7. The lowest BCUT2D eigenvalue weighted by molar-refractivity contribution is -0.136. The maximum atomic E-state index is 15.8. The fraction of sp³-hybridized carbons (Fsp3) is 0.314. The van der Waals surface area contributed by atoms with Gasteiger partial charge in [0.2, 0.25) is 11.8 Å². The summed E-state index contributed by atoms with van der Waals surface area (Å²) in [6.07, 6.45) is 5.89. The summed E-state index contributed by atoms with van der Waals surface area (Å²) in [4.78, 5) is 57.3. The zero-order valence-corrected chi connectivity index (χ0v) is 28.7. The van der Waals surface area contributed by atoms with Gasteiger partial charge < -0.3 is 10.5 Å². The number of nitrogens with one attached hydrogen (secondary N) is 1. The molecule has 16 heteroatoms. The predicted molar refractivity (Wildman–Crippen MR) is 182 cm³/mol. The number of rotatable bonds is 8. The molecule has 264 valence electrons. The Morgan fingerprint density at radius 1 is 1.02 bits per heavy atom. The molecule has 2 aromatic heterocycles. The molecule has 7 rings (SSSR count). The molecular weight excluding hydrogens is 707 g/mol. The number of pyridine rings is 1. The second-order valence-corrected chi connectivity index (χ2v) is 13.5. The van der Waals surface area contributed by atoms with E-state index in [4.69, 9.17) is 33.7 Å². The van der Waals surface area contributed by atoms with Crippen LogP contribution in [0, 0.1) is 11.6 Å². The SMILES string of the molecule is CC(Oc1cc(-c2cnn(C3CCN(Cc4ccc5c(c4F)C(=O)N(C4CCC(=O)NC4=O)C5=O)CC3)c2)cnc1N)c1c(Cl)ccc(F)c1Cl. The Labute approximate surface area is 300 Å². The van der Waals surface area contributed by atoms with Crippen molar-refractivity contribution in [3.8, 4) is 16.9 Å². The van der Waals surface area contributed by atoms with Crippen LogP contribution in [0.25, 0.3) is 11.1 Å². The number of nitrogens with zero attached hydrogens (tertiary/aromatic N) is 5. The molecule has 4 amide bonds. The molecule has 2 aromatic carbocycles. The van der Waals surface area contributed by atoms with Crippen LogP contribution < -0.4 is 15.8 Å². The van der Waals surface area contributed by atoms with Gasteiger partial charge in [-0.3, -0.25) is 39.0 Å². The van der Waals surface area contributed by atoms with E-state index in [1.165, 1.54) is 24.3 Å². The fourth-order valence-electron chi connectivity index (χ4n) is 6.82. The molecule has 51 heavy (non-hydrogen) atoms. The second kappa shape index (κ2) is 13.7. The molecule has 3 aliphatic heterocycles. The highest BCUT2D eigenvalue weighted by Gasteiger charge is 2.46. The maximum Gasteiger partial charge on any atom is 0.265 e. The number of carbonyl (C=O) groups is 4. The first-order valence-corrected chi connectivity index (χ1v) is 17.0. The lowest BCUT2D eigenvalue weighted by atomic mass is 10.0. The highest BCUT2D eigenvalue weighted by Crippen LogP contribution is 2.38. The number of piperidine rings is 2. The first kappa shape index (κ1) is 34.5. The Kier molecular flexibility index (Phi) is 9.25. The molecule has 2 fully saturated rings. The number of nitrogens with two attached hydrogens (primary N) is 1. The van der Waals surface area contributed by atoms with Crippen molar-refractivity contribution in [3.05, 3.63) is 92.9 Å². The van der Waals surface area contributed by atoms with Crippen LogP contribution in [0.3, 0.4) is 0 Å². The van der Waals surface area contributed by atoms with Gasteiger partial charge in [0.15, 0.2) is 11.6 Å². The van der Waals surface area contributed by atoms with Gasteiger partial charge in [0.05, 0.1) is 28.4 Å². The van der Waals surface area contributed by atoms with E-state index in [1.807, 2.05) is 10.9 Å². The predicted octanol–water partition coefficient (Wildman–Crippen LogP) is 5.49. The normalized spacial score (nSPS) is 19.0. The number of hydrogen-bond acceptors (Lipinski definition) is 9. The summed E-state index contributed by atoms with van der Waals surface area (Å²) >= 11 is 12.4. The van der Waals surface area contributed by atoms with Crippen molar-refractivity contribution in [2.75, 3.05) is 18.8 Å². The van der Waals surface area contributed by atoms with Gasteiger partial charge in [-0.2, -0.15) is 5.10 Å². The van der Waals surface area contributed by atoms with E-state index in [1.54, 1.807) is 25.4 Å². The summed E-state index contributed by atoms with van der Waals surface area (Å²) < 4.78 is 37.8. The lowest BCUT2D eigenvalue weighted by Crippen LogP contribution is -2.54. The van der Waals surface area contributed by atoms with E-state index < -0.39 is 47.4 Å². The number of likely N-dealkylation sites (tertiary alicyclic amines) is 1. The highest BCUT2D eigenvalue weighted by atomic mass is 35.5. The number of benzene rings is 2. The van der Waals surface area contributed by atoms with E-state index in [0.717, 1.165) is 23.3 Å². The molecule has 4 aromatic rings. The van der Waals surface area contributed by atoms with Crippen molar-refractivity contribution in [2.24, 2.45) is 0 Å². The van der Waals surface area contributed by atoms with Crippen molar-refractivity contribution >= 4 is 52.6 Å². The monoisotopic (exact) mass is 737 g/mol. The number of aromatic nitrogens is 3. The number of amides is 4. The molecule has 2 atom stereocenters. The van der Waals surface area contributed by atoms with Gasteiger partial charge in [0, 0.05) is 65.7 Å². The zero-order chi connectivity index (χ0) is 36.1. The number of imide groups is 2. The number of carbonyl (C=O) groups excluding carboxylic acids is 4. The van der Waals surface area contributed by atoms with Crippen LogP contribution in [0.15, 0.2) is 48.9 Å². The zero-order valence-electron chi connectivity index (χ0n) is 27.2. The molecule has 0 aliphatic carbocycles. The van der Waals surface area contributed by atoms with Gasteiger partial charge in [0.25, 0.3) is 11.8 Å². The molecule has 3 N–H and O–H groups in total. The summed E-state index contributed by atoms with van der Waals surface area (Å²) in [7, 11) is 0. The Hall–Kier alpha value is -4.92. The van der Waals surface area contributed by atoms with Gasteiger partial charge in [-0.1, -0.05) is 29.3 Å². The van der Waals surface area contributed by atoms with E-state index in [0.29, 0.717) is 24.2 Å². The van der Waals surface area contributed by atoms with E-state index in [9.17, 15) is 23.6 Å². The van der Waals surface area contributed by atoms with Gasteiger partial charge >= 0.3 is 0 Å². The van der Waals surface area contributed by atoms with Crippen molar-refractivity contribution in [1.82, 2.24) is 29.9 Å². The molecule has 5 heterocycles. The minimum absolute atomic E-state index is 0.00759. The highest BCUT2D eigenvalue weighted by molar-refractivity contribution is 6.36. The van der Waals surface area contributed by atoms with Gasteiger partial charge in [-0.25, -0.2) is 13.8 Å². The van der Waals surface area contributed by atoms with E-state index >= 15 is 4.39 Å². The van der Waals surface area contributed by atoms with Crippen molar-refractivity contribution in [1.29, 1.82) is 0 Å². The van der Waals surface area contributed by atoms with E-state index in [-0.39, 0.29) is 63.7 Å². The molecule has 0 radical (unpaired) electrons. The largest absolute Gasteiger partial charge is 0.482 e. The Balaban J connectivity index is 0.993. The summed E-state index contributed by atoms with van der Waals surface area (Å²) in [5, 5.41) is 6.85. The van der Waals surface area contributed by atoms with Crippen LogP contribution in [-0.4, -0.2) is 67.3 Å². The van der Waals surface area contributed by atoms with Crippen molar-refractivity contribution < 1.29 is 32.7 Å². The third kappa shape index (κ3) is 6.43. The van der Waals surface area contributed by atoms with Gasteiger partial charge in [0.1, 0.15) is 23.8 Å². The lowest BCUT2D eigenvalue weighted by Gasteiger charge is -2.32. The first-order chi connectivity index (χ1) is 24.4. The number of nitrogen functional groups attached to an aromatic ring is 1. The van der Waals surface area contributed by atoms with Crippen LogP contribution in [0.5, 0.6) is 5.75 Å².